The van der Waals surface area contributed by atoms with Crippen LogP contribution < -0.4 is 0 Å². The molecule has 1 unspecified atom stereocenters. The van der Waals surface area contributed by atoms with Crippen LogP contribution in [0.2, 0.25) is 0 Å². The fraction of sp³-hybridized carbons (Fsp3) is 0.947. The van der Waals surface area contributed by atoms with Gasteiger partial charge in [0.15, 0.2) is 0 Å². The first-order valence-electron chi connectivity index (χ1n) is 9.63. The molecule has 0 aromatic carbocycles. The minimum absolute atomic E-state index is 0.0145. The summed E-state index contributed by atoms with van der Waals surface area (Å²) in [5, 5.41) is 3.29. The highest BCUT2D eigenvalue weighted by molar-refractivity contribution is 5.68. The molecular weight excluding hydrogens is 290 g/mol. The van der Waals surface area contributed by atoms with Crippen molar-refractivity contribution in [1.29, 1.82) is 0 Å². The third kappa shape index (κ3) is 15.7. The molecule has 4 nitrogen and oxygen atoms in total. The van der Waals surface area contributed by atoms with Gasteiger partial charge in [-0.3, -0.25) is 4.79 Å². The Kier molecular flexibility index (Phi) is 16.7. The zero-order chi connectivity index (χ0) is 17.2. The van der Waals surface area contributed by atoms with Crippen LogP contribution in [0.3, 0.4) is 0 Å². The van der Waals surface area contributed by atoms with E-state index in [4.69, 9.17) is 0 Å². The van der Waals surface area contributed by atoms with Gasteiger partial charge in [0.2, 0.25) is 0 Å². The summed E-state index contributed by atoms with van der Waals surface area (Å²) in [6.45, 7) is 2.24. The molecule has 0 aliphatic rings. The molecule has 0 aromatic heterocycles. The molecule has 0 bridgehead atoms. The van der Waals surface area contributed by atoms with Crippen molar-refractivity contribution in [2.24, 2.45) is 5.18 Å². The van der Waals surface area contributed by atoms with Crippen LogP contribution in [0.25, 0.3) is 0 Å². The standard InChI is InChI=1S/C19H37NO3/c1-3-4-5-6-7-9-12-15-18(20-22)16-13-10-8-11-14-17-19(21)23-2/h18H,3-17H2,1-2H3. The van der Waals surface area contributed by atoms with Crippen molar-refractivity contribution in [3.05, 3.63) is 4.91 Å². The maximum atomic E-state index is 11.0. The fourth-order valence-electron chi connectivity index (χ4n) is 2.87. The van der Waals surface area contributed by atoms with Crippen LogP contribution in [-0.4, -0.2) is 19.1 Å². The minimum Gasteiger partial charge on any atom is -0.469 e. The molecule has 136 valence electrons. The first-order chi connectivity index (χ1) is 11.2. The smallest absolute Gasteiger partial charge is 0.305 e. The number of methoxy groups -OCH3 is 1. The van der Waals surface area contributed by atoms with E-state index in [1.54, 1.807) is 0 Å². The SMILES string of the molecule is CCCCCCCCCC(CCCCCCCC(=O)OC)N=O. The first kappa shape index (κ1) is 22.1. The highest BCUT2D eigenvalue weighted by atomic mass is 16.5. The summed E-state index contributed by atoms with van der Waals surface area (Å²) < 4.78 is 4.61. The van der Waals surface area contributed by atoms with E-state index in [1.165, 1.54) is 45.6 Å². The van der Waals surface area contributed by atoms with E-state index in [-0.39, 0.29) is 12.0 Å². The molecule has 0 heterocycles. The average Bonchev–Trinajstić information content (AvgIpc) is 2.57. The fourth-order valence-corrected chi connectivity index (χ4v) is 2.87. The number of carbonyl (C=O) groups excluding carboxylic acids is 1. The number of unbranched alkanes of at least 4 members (excludes halogenated alkanes) is 10. The van der Waals surface area contributed by atoms with Crippen molar-refractivity contribution < 1.29 is 9.53 Å². The Hall–Kier alpha value is -0.930. The minimum atomic E-state index is -0.120. The topological polar surface area (TPSA) is 55.7 Å². The van der Waals surface area contributed by atoms with Crippen LogP contribution in [0.5, 0.6) is 0 Å². The van der Waals surface area contributed by atoms with Crippen LogP contribution in [0.15, 0.2) is 5.18 Å². The zero-order valence-corrected chi connectivity index (χ0v) is 15.4. The second-order valence-electron chi connectivity index (χ2n) is 6.55. The van der Waals surface area contributed by atoms with Crippen LogP contribution in [0, 0.1) is 4.91 Å². The van der Waals surface area contributed by atoms with Gasteiger partial charge in [-0.1, -0.05) is 82.7 Å². The monoisotopic (exact) mass is 327 g/mol. The Morgan fingerprint density at radius 2 is 1.30 bits per heavy atom. The van der Waals surface area contributed by atoms with E-state index in [0.717, 1.165) is 51.4 Å². The number of rotatable bonds is 17. The molecule has 0 N–H and O–H groups in total. The summed E-state index contributed by atoms with van der Waals surface area (Å²) in [7, 11) is 1.43. The van der Waals surface area contributed by atoms with E-state index in [0.29, 0.717) is 6.42 Å². The van der Waals surface area contributed by atoms with Crippen molar-refractivity contribution in [1.82, 2.24) is 0 Å². The van der Waals surface area contributed by atoms with Crippen LogP contribution in [0.1, 0.15) is 103 Å². The second-order valence-corrected chi connectivity index (χ2v) is 6.55. The largest absolute Gasteiger partial charge is 0.469 e. The van der Waals surface area contributed by atoms with E-state index < -0.39 is 0 Å². The zero-order valence-electron chi connectivity index (χ0n) is 15.4. The van der Waals surface area contributed by atoms with Crippen molar-refractivity contribution in [2.45, 2.75) is 109 Å². The molecule has 0 aliphatic carbocycles. The van der Waals surface area contributed by atoms with Gasteiger partial charge >= 0.3 is 5.97 Å². The molecular formula is C19H37NO3. The van der Waals surface area contributed by atoms with E-state index in [9.17, 15) is 9.70 Å². The maximum Gasteiger partial charge on any atom is 0.305 e. The quantitative estimate of drug-likeness (QED) is 0.182. The van der Waals surface area contributed by atoms with Gasteiger partial charge in [-0.15, -0.1) is 0 Å². The van der Waals surface area contributed by atoms with Gasteiger partial charge in [-0.25, -0.2) is 0 Å². The van der Waals surface area contributed by atoms with Gasteiger partial charge in [0.1, 0.15) is 0 Å². The molecule has 0 fully saturated rings. The summed E-state index contributed by atoms with van der Waals surface area (Å²) in [6, 6.07) is 0.0145. The number of carbonyl (C=O) groups is 1. The summed E-state index contributed by atoms with van der Waals surface area (Å²) >= 11 is 0. The van der Waals surface area contributed by atoms with Gasteiger partial charge in [0, 0.05) is 6.42 Å². The number of hydrogen-bond donors (Lipinski definition) is 0. The molecule has 0 rings (SSSR count). The summed E-state index contributed by atoms with van der Waals surface area (Å²) in [5.41, 5.74) is 0. The number of esters is 1. The molecule has 0 radical (unpaired) electrons. The normalized spacial score (nSPS) is 12.1. The Morgan fingerprint density at radius 3 is 1.78 bits per heavy atom. The van der Waals surface area contributed by atoms with Gasteiger partial charge in [-0.2, -0.15) is 4.91 Å². The third-order valence-corrected chi connectivity index (χ3v) is 4.44. The lowest BCUT2D eigenvalue weighted by atomic mass is 10.0. The molecule has 0 saturated carbocycles. The van der Waals surface area contributed by atoms with E-state index >= 15 is 0 Å². The number of nitroso groups, excluding NO2 is 1. The molecule has 23 heavy (non-hydrogen) atoms. The lowest BCUT2D eigenvalue weighted by molar-refractivity contribution is -0.140. The van der Waals surface area contributed by atoms with Gasteiger partial charge < -0.3 is 4.74 Å². The Labute approximate surface area is 142 Å². The van der Waals surface area contributed by atoms with Crippen molar-refractivity contribution >= 4 is 5.97 Å². The summed E-state index contributed by atoms with van der Waals surface area (Å²) in [6.07, 6.45) is 16.7. The van der Waals surface area contributed by atoms with E-state index in [1.807, 2.05) is 0 Å². The summed E-state index contributed by atoms with van der Waals surface area (Å²) in [5.74, 6) is -0.120. The maximum absolute atomic E-state index is 11.0. The lowest BCUT2D eigenvalue weighted by Crippen LogP contribution is -2.03. The van der Waals surface area contributed by atoms with Crippen LogP contribution in [0.4, 0.5) is 0 Å². The van der Waals surface area contributed by atoms with E-state index in [2.05, 4.69) is 16.8 Å². The van der Waals surface area contributed by atoms with Crippen LogP contribution in [-0.2, 0) is 9.53 Å². The highest BCUT2D eigenvalue weighted by Crippen LogP contribution is 2.16. The van der Waals surface area contributed by atoms with Gasteiger partial charge in [0.05, 0.1) is 13.2 Å². The van der Waals surface area contributed by atoms with Gasteiger partial charge in [0.25, 0.3) is 0 Å². The third-order valence-electron chi connectivity index (χ3n) is 4.44. The van der Waals surface area contributed by atoms with Gasteiger partial charge in [-0.05, 0) is 19.3 Å². The van der Waals surface area contributed by atoms with Crippen molar-refractivity contribution in [3.8, 4) is 0 Å². The van der Waals surface area contributed by atoms with Crippen molar-refractivity contribution in [2.75, 3.05) is 7.11 Å². The molecule has 1 atom stereocenters. The first-order valence-corrected chi connectivity index (χ1v) is 9.63. The molecule has 0 spiro atoms. The van der Waals surface area contributed by atoms with Crippen molar-refractivity contribution in [3.63, 3.8) is 0 Å². The molecule has 0 amide bonds. The average molecular weight is 328 g/mol. The lowest BCUT2D eigenvalue weighted by Gasteiger charge is -2.09. The Morgan fingerprint density at radius 1 is 0.826 bits per heavy atom. The molecule has 0 saturated heterocycles. The Bertz CT molecular complexity index is 282. The predicted octanol–water partition coefficient (Wildman–Crippen LogP) is 6.17. The predicted molar refractivity (Wildman–Crippen MR) is 96.5 cm³/mol. The van der Waals surface area contributed by atoms with Crippen LogP contribution >= 0.6 is 0 Å². The molecule has 4 heteroatoms. The number of nitrogens with zero attached hydrogens (tertiary/aromatic N) is 1. The number of hydrogen-bond acceptors (Lipinski definition) is 4. The molecule has 0 aliphatic heterocycles. The summed E-state index contributed by atoms with van der Waals surface area (Å²) in [4.78, 5) is 21.8. The number of ether oxygens (including phenoxy) is 1. The second kappa shape index (κ2) is 17.4. The Balaban J connectivity index is 3.38. The highest BCUT2D eigenvalue weighted by Gasteiger charge is 2.08. The molecule has 0 aromatic rings.